The fraction of sp³-hybridized carbons (Fsp3) is 0.133. The molecule has 0 atom stereocenters. The van der Waals surface area contributed by atoms with Crippen LogP contribution >= 0.6 is 0 Å². The molecule has 1 heterocycles. The van der Waals surface area contributed by atoms with Gasteiger partial charge in [0.1, 0.15) is 11.5 Å². The molecule has 0 unspecified atom stereocenters. The van der Waals surface area contributed by atoms with Gasteiger partial charge in [0.15, 0.2) is 0 Å². The van der Waals surface area contributed by atoms with Crippen molar-refractivity contribution in [2.24, 2.45) is 0 Å². The van der Waals surface area contributed by atoms with Gasteiger partial charge < -0.3 is 5.32 Å². The lowest BCUT2D eigenvalue weighted by Gasteiger charge is -2.16. The molecule has 0 aromatic heterocycles. The summed E-state index contributed by atoms with van der Waals surface area (Å²) in [6.45, 7) is 4.21. The van der Waals surface area contributed by atoms with Gasteiger partial charge in [-0.05, 0) is 66.1 Å². The van der Waals surface area contributed by atoms with Crippen molar-refractivity contribution >= 4 is 33.8 Å². The number of nitrogens with zero attached hydrogens (tertiary/aromatic N) is 1. The summed E-state index contributed by atoms with van der Waals surface area (Å²) in [6.07, 6.45) is 0.444. The van der Waals surface area contributed by atoms with Gasteiger partial charge in [-0.1, -0.05) is 66.7 Å². The normalized spacial score (nSPS) is 13.7. The zero-order valence-electron chi connectivity index (χ0n) is 19.6. The number of hydrogen-bond acceptors (Lipinski definition) is 3. The molecule has 0 spiro atoms. The van der Waals surface area contributed by atoms with Crippen LogP contribution in [0.4, 0.5) is 10.1 Å². The Kier molecular flexibility index (Phi) is 5.91. The van der Waals surface area contributed by atoms with Crippen molar-refractivity contribution in [1.29, 1.82) is 0 Å². The van der Waals surface area contributed by atoms with Crippen LogP contribution in [0.3, 0.4) is 0 Å². The van der Waals surface area contributed by atoms with Crippen LogP contribution < -0.4 is 5.32 Å². The third-order valence-corrected chi connectivity index (χ3v) is 6.55. The molecule has 174 valence electrons. The van der Waals surface area contributed by atoms with Gasteiger partial charge in [-0.15, -0.1) is 0 Å². The van der Waals surface area contributed by atoms with E-state index in [4.69, 9.17) is 0 Å². The van der Waals surface area contributed by atoms with Gasteiger partial charge >= 0.3 is 0 Å². The van der Waals surface area contributed by atoms with Gasteiger partial charge in [-0.2, -0.15) is 0 Å². The first kappa shape index (κ1) is 22.5. The van der Waals surface area contributed by atoms with E-state index in [0.29, 0.717) is 17.6 Å². The minimum atomic E-state index is -0.363. The number of fused-ring (bicyclic) bond motifs is 1. The van der Waals surface area contributed by atoms with Crippen molar-refractivity contribution in [2.75, 3.05) is 11.9 Å². The third-order valence-electron chi connectivity index (χ3n) is 6.55. The molecule has 4 aromatic rings. The number of aryl methyl sites for hydroxylation is 2. The number of anilines is 1. The van der Waals surface area contributed by atoms with E-state index >= 15 is 0 Å². The van der Waals surface area contributed by atoms with Crippen LogP contribution in [0.2, 0.25) is 0 Å². The molecule has 5 heteroatoms. The molecule has 0 fully saturated rings. The van der Waals surface area contributed by atoms with Crippen LogP contribution in [0, 0.1) is 19.7 Å². The number of hydrogen-bond donors (Lipinski definition) is 1. The first-order chi connectivity index (χ1) is 16.9. The van der Waals surface area contributed by atoms with Gasteiger partial charge in [0, 0.05) is 17.6 Å². The Hall–Kier alpha value is -4.25. The van der Waals surface area contributed by atoms with Gasteiger partial charge in [0.2, 0.25) is 0 Å². The molecule has 0 aliphatic carbocycles. The maximum absolute atomic E-state index is 13.6. The van der Waals surface area contributed by atoms with E-state index in [2.05, 4.69) is 5.32 Å². The number of halogens is 1. The number of rotatable bonds is 6. The van der Waals surface area contributed by atoms with Crippen molar-refractivity contribution in [1.82, 2.24) is 4.90 Å². The van der Waals surface area contributed by atoms with Crippen LogP contribution in [0.25, 0.3) is 16.3 Å². The minimum Gasteiger partial charge on any atom is -0.350 e. The van der Waals surface area contributed by atoms with Crippen molar-refractivity contribution in [3.8, 4) is 0 Å². The van der Waals surface area contributed by atoms with Crippen molar-refractivity contribution in [3.05, 3.63) is 119 Å². The van der Waals surface area contributed by atoms with E-state index < -0.39 is 0 Å². The zero-order chi connectivity index (χ0) is 24.5. The van der Waals surface area contributed by atoms with Crippen molar-refractivity contribution in [2.45, 2.75) is 20.3 Å². The first-order valence-corrected chi connectivity index (χ1v) is 11.6. The fourth-order valence-electron chi connectivity index (χ4n) is 4.42. The Balaban J connectivity index is 1.54. The number of nitrogens with one attached hydrogen (secondary N) is 1. The van der Waals surface area contributed by atoms with Crippen LogP contribution in [0.1, 0.15) is 22.3 Å². The summed E-state index contributed by atoms with van der Waals surface area (Å²) >= 11 is 0. The van der Waals surface area contributed by atoms with E-state index in [9.17, 15) is 14.0 Å². The number of carbonyl (C=O) groups is 2. The summed E-state index contributed by atoms with van der Waals surface area (Å²) in [7, 11) is 0. The molecule has 0 saturated carbocycles. The second-order valence-corrected chi connectivity index (χ2v) is 8.84. The number of benzene rings is 4. The second-order valence-electron chi connectivity index (χ2n) is 8.84. The van der Waals surface area contributed by atoms with Crippen molar-refractivity contribution in [3.63, 3.8) is 0 Å². The maximum atomic E-state index is 13.6. The van der Waals surface area contributed by atoms with Crippen LogP contribution in [0.15, 0.2) is 90.6 Å². The number of imide groups is 1. The molecule has 0 radical (unpaired) electrons. The largest absolute Gasteiger partial charge is 0.350 e. The Labute approximate surface area is 203 Å². The molecule has 4 nitrogen and oxygen atoms in total. The maximum Gasteiger partial charge on any atom is 0.278 e. The van der Waals surface area contributed by atoms with Crippen molar-refractivity contribution < 1.29 is 14.0 Å². The molecule has 2 amide bonds. The Bertz CT molecular complexity index is 1480. The van der Waals surface area contributed by atoms with E-state index in [1.807, 2.05) is 74.5 Å². The summed E-state index contributed by atoms with van der Waals surface area (Å²) in [5, 5.41) is 5.30. The highest BCUT2D eigenvalue weighted by atomic mass is 19.1. The first-order valence-electron chi connectivity index (χ1n) is 11.6. The van der Waals surface area contributed by atoms with Crippen LogP contribution in [-0.4, -0.2) is 23.3 Å². The highest BCUT2D eigenvalue weighted by Crippen LogP contribution is 2.33. The van der Waals surface area contributed by atoms with E-state index in [1.54, 1.807) is 12.1 Å². The Morgan fingerprint density at radius 1 is 0.800 bits per heavy atom. The molecule has 0 saturated heterocycles. The number of amides is 2. The average Bonchev–Trinajstić information content (AvgIpc) is 3.09. The summed E-state index contributed by atoms with van der Waals surface area (Å²) in [5.74, 6) is -1.01. The van der Waals surface area contributed by atoms with Gasteiger partial charge in [0.25, 0.3) is 11.8 Å². The Morgan fingerprint density at radius 2 is 1.54 bits per heavy atom. The van der Waals surface area contributed by atoms with E-state index in [0.717, 1.165) is 33.2 Å². The zero-order valence-corrected chi connectivity index (χ0v) is 19.6. The second kappa shape index (κ2) is 9.18. The van der Waals surface area contributed by atoms with Gasteiger partial charge in [0.05, 0.1) is 5.57 Å². The summed E-state index contributed by atoms with van der Waals surface area (Å²) in [5.41, 5.74) is 5.13. The highest BCUT2D eigenvalue weighted by molar-refractivity contribution is 6.36. The summed E-state index contributed by atoms with van der Waals surface area (Å²) in [6, 6.07) is 25.7. The highest BCUT2D eigenvalue weighted by Gasteiger charge is 2.39. The third kappa shape index (κ3) is 4.33. The van der Waals surface area contributed by atoms with Crippen LogP contribution in [0.5, 0.6) is 0 Å². The lowest BCUT2D eigenvalue weighted by Crippen LogP contribution is -2.34. The number of carbonyl (C=O) groups excluding carboxylic acids is 2. The molecule has 1 N–H and O–H groups in total. The molecular weight excluding hydrogens is 439 g/mol. The summed E-state index contributed by atoms with van der Waals surface area (Å²) < 4.78 is 13.3. The van der Waals surface area contributed by atoms with E-state index in [1.165, 1.54) is 17.0 Å². The van der Waals surface area contributed by atoms with Gasteiger partial charge in [-0.3, -0.25) is 14.5 Å². The Morgan fingerprint density at radius 3 is 2.31 bits per heavy atom. The standard InChI is InChI=1S/C30H25FN2O2/c1-19-10-13-23(18-20(19)2)27-28(32-26-9-5-7-22-6-3-4-8-25(22)26)30(35)33(29(27)34)17-16-21-11-14-24(31)15-12-21/h3-15,18,32H,16-17H2,1-2H3. The smallest absolute Gasteiger partial charge is 0.278 e. The molecule has 5 rings (SSSR count). The summed E-state index contributed by atoms with van der Waals surface area (Å²) in [4.78, 5) is 28.5. The van der Waals surface area contributed by atoms with E-state index in [-0.39, 0.29) is 29.9 Å². The molecule has 0 bridgehead atoms. The predicted octanol–water partition coefficient (Wildman–Crippen LogP) is 6.03. The molecule has 4 aromatic carbocycles. The van der Waals surface area contributed by atoms with Crippen LogP contribution in [-0.2, 0) is 16.0 Å². The lowest BCUT2D eigenvalue weighted by molar-refractivity contribution is -0.136. The molecule has 1 aliphatic heterocycles. The molecule has 35 heavy (non-hydrogen) atoms. The monoisotopic (exact) mass is 464 g/mol. The minimum absolute atomic E-state index is 0.207. The molecule has 1 aliphatic rings. The topological polar surface area (TPSA) is 49.4 Å². The lowest BCUT2D eigenvalue weighted by atomic mass is 9.99. The average molecular weight is 465 g/mol. The SMILES string of the molecule is Cc1ccc(C2=C(Nc3cccc4ccccc34)C(=O)N(CCc3ccc(F)cc3)C2=O)cc1C. The fourth-order valence-corrected chi connectivity index (χ4v) is 4.42. The predicted molar refractivity (Wildman–Crippen MR) is 137 cm³/mol. The molecular formula is C30H25FN2O2. The van der Waals surface area contributed by atoms with Gasteiger partial charge in [-0.25, -0.2) is 4.39 Å². The quantitative estimate of drug-likeness (QED) is 0.355.